The first-order valence-electron chi connectivity index (χ1n) is 7.44. The summed E-state index contributed by atoms with van der Waals surface area (Å²) in [4.78, 5) is 11.8. The second-order valence-electron chi connectivity index (χ2n) is 5.21. The lowest BCUT2D eigenvalue weighted by molar-refractivity contribution is -0.123. The molecule has 0 unspecified atom stereocenters. The molecule has 0 spiro atoms. The third-order valence-electron chi connectivity index (χ3n) is 3.62. The minimum Gasteiger partial charge on any atom is -0.484 e. The van der Waals surface area contributed by atoms with Crippen LogP contribution in [0.4, 0.5) is 0 Å². The first-order chi connectivity index (χ1) is 10.8. The molecule has 22 heavy (non-hydrogen) atoms. The topological polar surface area (TPSA) is 50.7 Å². The summed E-state index contributed by atoms with van der Waals surface area (Å²) in [5.74, 6) is 0.424. The average Bonchev–Trinajstić information content (AvgIpc) is 2.59. The van der Waals surface area contributed by atoms with Gasteiger partial charge in [-0.25, -0.2) is 5.43 Å². The van der Waals surface area contributed by atoms with E-state index in [2.05, 4.69) is 22.7 Å². The number of nitrogens with zero attached hydrogens (tertiary/aromatic N) is 1. The molecule has 0 fully saturated rings. The van der Waals surface area contributed by atoms with Gasteiger partial charge in [0.2, 0.25) is 0 Å². The average molecular weight is 294 g/mol. The van der Waals surface area contributed by atoms with E-state index in [0.717, 1.165) is 30.5 Å². The lowest BCUT2D eigenvalue weighted by atomic mass is 9.90. The number of carbonyl (C=O) groups excluding carboxylic acids is 1. The minimum absolute atomic E-state index is 0.0392. The van der Waals surface area contributed by atoms with Crippen LogP contribution in [0.5, 0.6) is 5.75 Å². The van der Waals surface area contributed by atoms with Crippen LogP contribution in [0.15, 0.2) is 59.7 Å². The molecular weight excluding hydrogens is 276 g/mol. The lowest BCUT2D eigenvalue weighted by Crippen LogP contribution is -2.26. The summed E-state index contributed by atoms with van der Waals surface area (Å²) in [6.07, 6.45) is 3.02. The molecule has 1 amide bonds. The maximum absolute atomic E-state index is 11.8. The highest BCUT2D eigenvalue weighted by Crippen LogP contribution is 2.21. The van der Waals surface area contributed by atoms with Crippen molar-refractivity contribution < 1.29 is 9.53 Å². The van der Waals surface area contributed by atoms with Crippen molar-refractivity contribution in [3.8, 4) is 5.75 Å². The van der Waals surface area contributed by atoms with E-state index in [-0.39, 0.29) is 12.5 Å². The number of amides is 1. The molecule has 0 heterocycles. The van der Waals surface area contributed by atoms with Gasteiger partial charge in [0.1, 0.15) is 5.75 Å². The number of fused-ring (bicyclic) bond motifs is 1. The van der Waals surface area contributed by atoms with Crippen LogP contribution in [-0.4, -0.2) is 18.2 Å². The number of para-hydroxylation sites is 1. The Morgan fingerprint density at radius 2 is 1.82 bits per heavy atom. The van der Waals surface area contributed by atoms with E-state index in [1.807, 2.05) is 42.5 Å². The molecule has 1 aliphatic carbocycles. The molecule has 4 nitrogen and oxygen atoms in total. The van der Waals surface area contributed by atoms with Crippen molar-refractivity contribution in [2.24, 2.45) is 5.10 Å². The molecule has 112 valence electrons. The highest BCUT2D eigenvalue weighted by molar-refractivity contribution is 6.03. The summed E-state index contributed by atoms with van der Waals surface area (Å²) in [6.45, 7) is -0.0392. The maximum Gasteiger partial charge on any atom is 0.277 e. The fourth-order valence-corrected chi connectivity index (χ4v) is 2.54. The zero-order chi connectivity index (χ0) is 15.2. The molecule has 0 radical (unpaired) electrons. The van der Waals surface area contributed by atoms with Gasteiger partial charge in [0.15, 0.2) is 6.61 Å². The Balaban J connectivity index is 1.59. The van der Waals surface area contributed by atoms with Gasteiger partial charge in [-0.2, -0.15) is 5.10 Å². The van der Waals surface area contributed by atoms with E-state index < -0.39 is 0 Å². The molecule has 3 rings (SSSR count). The van der Waals surface area contributed by atoms with Crippen molar-refractivity contribution in [1.29, 1.82) is 0 Å². The van der Waals surface area contributed by atoms with E-state index in [9.17, 15) is 4.79 Å². The number of benzene rings is 2. The fraction of sp³-hybridized carbons (Fsp3) is 0.222. The van der Waals surface area contributed by atoms with Gasteiger partial charge in [0.25, 0.3) is 5.91 Å². The lowest BCUT2D eigenvalue weighted by Gasteiger charge is -2.17. The van der Waals surface area contributed by atoms with Gasteiger partial charge in [-0.1, -0.05) is 42.5 Å². The Morgan fingerprint density at radius 3 is 2.68 bits per heavy atom. The summed E-state index contributed by atoms with van der Waals surface area (Å²) in [7, 11) is 0. The number of carbonyl (C=O) groups is 1. The molecule has 0 atom stereocenters. The Labute approximate surface area is 129 Å². The van der Waals surface area contributed by atoms with Gasteiger partial charge in [-0.15, -0.1) is 0 Å². The Kier molecular flexibility index (Phi) is 4.49. The van der Waals surface area contributed by atoms with Crippen LogP contribution in [0.2, 0.25) is 0 Å². The molecule has 2 aromatic carbocycles. The molecule has 0 aromatic heterocycles. The SMILES string of the molecule is O=C(COc1ccccc1)N/N=C1/CCCc2ccccc21. The summed E-state index contributed by atoms with van der Waals surface area (Å²) < 4.78 is 5.40. The largest absolute Gasteiger partial charge is 0.484 e. The first kappa shape index (κ1) is 14.3. The van der Waals surface area contributed by atoms with E-state index in [4.69, 9.17) is 4.74 Å². The van der Waals surface area contributed by atoms with E-state index in [1.54, 1.807) is 0 Å². The van der Waals surface area contributed by atoms with Crippen molar-refractivity contribution in [1.82, 2.24) is 5.43 Å². The van der Waals surface area contributed by atoms with Crippen molar-refractivity contribution in [3.05, 3.63) is 65.7 Å². The summed E-state index contributed by atoms with van der Waals surface area (Å²) in [5, 5.41) is 4.27. The normalized spacial score (nSPS) is 15.2. The molecule has 0 aliphatic heterocycles. The van der Waals surface area contributed by atoms with Crippen LogP contribution >= 0.6 is 0 Å². The van der Waals surface area contributed by atoms with E-state index in [0.29, 0.717) is 5.75 Å². The predicted octanol–water partition coefficient (Wildman–Crippen LogP) is 2.92. The zero-order valence-corrected chi connectivity index (χ0v) is 12.3. The smallest absolute Gasteiger partial charge is 0.277 e. The van der Waals surface area contributed by atoms with Gasteiger partial charge in [0.05, 0.1) is 5.71 Å². The maximum atomic E-state index is 11.8. The van der Waals surface area contributed by atoms with Crippen LogP contribution in [0.25, 0.3) is 0 Å². The molecule has 0 bridgehead atoms. The number of nitrogens with one attached hydrogen (secondary N) is 1. The fourth-order valence-electron chi connectivity index (χ4n) is 2.54. The summed E-state index contributed by atoms with van der Waals surface area (Å²) in [5.41, 5.74) is 5.96. The van der Waals surface area contributed by atoms with Gasteiger partial charge < -0.3 is 4.74 Å². The number of aryl methyl sites for hydroxylation is 1. The standard InChI is InChI=1S/C18H18N2O2/c21-18(13-22-15-9-2-1-3-10-15)20-19-17-12-6-8-14-7-4-5-11-16(14)17/h1-5,7,9-11H,6,8,12-13H2,(H,20,21)/b19-17-. The molecular formula is C18H18N2O2. The quantitative estimate of drug-likeness (QED) is 0.881. The van der Waals surface area contributed by atoms with E-state index >= 15 is 0 Å². The van der Waals surface area contributed by atoms with Gasteiger partial charge in [0, 0.05) is 5.56 Å². The zero-order valence-electron chi connectivity index (χ0n) is 12.3. The van der Waals surface area contributed by atoms with Crippen LogP contribution in [-0.2, 0) is 11.2 Å². The number of rotatable bonds is 4. The Bertz CT molecular complexity index is 680. The van der Waals surface area contributed by atoms with Crippen molar-refractivity contribution in [2.45, 2.75) is 19.3 Å². The molecule has 1 N–H and O–H groups in total. The second-order valence-corrected chi connectivity index (χ2v) is 5.21. The van der Waals surface area contributed by atoms with Crippen LogP contribution in [0, 0.1) is 0 Å². The highest BCUT2D eigenvalue weighted by atomic mass is 16.5. The van der Waals surface area contributed by atoms with Crippen molar-refractivity contribution in [2.75, 3.05) is 6.61 Å². The second kappa shape index (κ2) is 6.89. The monoisotopic (exact) mass is 294 g/mol. The van der Waals surface area contributed by atoms with Crippen molar-refractivity contribution >= 4 is 11.6 Å². The number of hydrogen-bond acceptors (Lipinski definition) is 3. The van der Waals surface area contributed by atoms with Gasteiger partial charge in [-0.05, 0) is 37.0 Å². The third-order valence-corrected chi connectivity index (χ3v) is 3.62. The molecule has 0 saturated carbocycles. The van der Waals surface area contributed by atoms with Crippen LogP contribution in [0.1, 0.15) is 24.0 Å². The highest BCUT2D eigenvalue weighted by Gasteiger charge is 2.15. The minimum atomic E-state index is -0.251. The first-order valence-corrected chi connectivity index (χ1v) is 7.44. The van der Waals surface area contributed by atoms with Gasteiger partial charge >= 0.3 is 0 Å². The third kappa shape index (κ3) is 3.52. The molecule has 0 saturated heterocycles. The molecule has 2 aromatic rings. The van der Waals surface area contributed by atoms with Crippen molar-refractivity contribution in [3.63, 3.8) is 0 Å². The van der Waals surface area contributed by atoms with Gasteiger partial charge in [-0.3, -0.25) is 4.79 Å². The number of hydrogen-bond donors (Lipinski definition) is 1. The number of ether oxygens (including phenoxy) is 1. The Morgan fingerprint density at radius 1 is 1.05 bits per heavy atom. The molecule has 1 aliphatic rings. The number of hydrazone groups is 1. The Hall–Kier alpha value is -2.62. The van der Waals surface area contributed by atoms with Crippen LogP contribution < -0.4 is 10.2 Å². The van der Waals surface area contributed by atoms with E-state index in [1.165, 1.54) is 5.56 Å². The summed E-state index contributed by atoms with van der Waals surface area (Å²) in [6, 6.07) is 17.5. The predicted molar refractivity (Wildman–Crippen MR) is 86.0 cm³/mol. The molecule has 4 heteroatoms. The summed E-state index contributed by atoms with van der Waals surface area (Å²) >= 11 is 0. The van der Waals surface area contributed by atoms with Crippen LogP contribution in [0.3, 0.4) is 0 Å².